The van der Waals surface area contributed by atoms with Gasteiger partial charge in [-0.1, -0.05) is 60.7 Å². The number of rotatable bonds is 6. The zero-order valence-electron chi connectivity index (χ0n) is 18.8. The summed E-state index contributed by atoms with van der Waals surface area (Å²) in [5.74, 6) is -0.475. The van der Waals surface area contributed by atoms with Crippen LogP contribution in [-0.2, 0) is 15.1 Å². The molecule has 1 fully saturated rings. The van der Waals surface area contributed by atoms with E-state index in [1.807, 2.05) is 12.1 Å². The molecule has 0 atom stereocenters. The average Bonchev–Trinajstić information content (AvgIpc) is 3.14. The number of ether oxygens (including phenoxy) is 1. The molecule has 178 valence electrons. The van der Waals surface area contributed by atoms with Gasteiger partial charge in [-0.05, 0) is 47.6 Å². The molecule has 35 heavy (non-hydrogen) atoms. The van der Waals surface area contributed by atoms with Crippen molar-refractivity contribution >= 4 is 40.9 Å². The van der Waals surface area contributed by atoms with E-state index in [4.69, 9.17) is 17.0 Å². The van der Waals surface area contributed by atoms with Crippen molar-refractivity contribution in [3.05, 3.63) is 96.1 Å². The van der Waals surface area contributed by atoms with Crippen LogP contribution in [0.25, 0.3) is 0 Å². The summed E-state index contributed by atoms with van der Waals surface area (Å²) >= 11 is 5.18. The number of hydrogen-bond donors (Lipinski definition) is 4. The number of amides is 4. The molecule has 4 rings (SSSR count). The number of carbonyl (C=O) groups is 3. The van der Waals surface area contributed by atoms with Crippen molar-refractivity contribution in [1.82, 2.24) is 21.1 Å². The van der Waals surface area contributed by atoms with Gasteiger partial charge in [0.15, 0.2) is 10.7 Å². The molecule has 4 N–H and O–H groups in total. The lowest BCUT2D eigenvalue weighted by Crippen LogP contribution is -2.49. The van der Waals surface area contributed by atoms with Crippen LogP contribution in [0.3, 0.4) is 0 Å². The number of hydrogen-bond acceptors (Lipinski definition) is 5. The number of anilines is 1. The molecule has 3 aromatic carbocycles. The van der Waals surface area contributed by atoms with E-state index in [0.717, 1.165) is 4.90 Å². The summed E-state index contributed by atoms with van der Waals surface area (Å²) in [6.07, 6.45) is 0. The fraction of sp³-hybridized carbons (Fsp3) is 0.120. The van der Waals surface area contributed by atoms with Crippen LogP contribution in [0.15, 0.2) is 84.9 Å². The lowest BCUT2D eigenvalue weighted by Gasteiger charge is -2.28. The summed E-state index contributed by atoms with van der Waals surface area (Å²) in [5, 5.41) is 5.84. The molecule has 4 amide bonds. The van der Waals surface area contributed by atoms with Gasteiger partial charge in [-0.3, -0.25) is 25.3 Å². The van der Waals surface area contributed by atoms with Crippen LogP contribution in [0, 0.1) is 0 Å². The van der Waals surface area contributed by atoms with Crippen LogP contribution in [0.1, 0.15) is 11.1 Å². The Kier molecular flexibility index (Phi) is 6.93. The maximum absolute atomic E-state index is 13.6. The first kappa shape index (κ1) is 23.7. The maximum Gasteiger partial charge on any atom is 0.326 e. The highest BCUT2D eigenvalue weighted by Gasteiger charge is 2.54. The summed E-state index contributed by atoms with van der Waals surface area (Å²) < 4.78 is 5.11. The highest BCUT2D eigenvalue weighted by atomic mass is 32.1. The Bertz CT molecular complexity index is 1200. The third kappa shape index (κ3) is 4.92. The SMILES string of the molecule is COc1ccc(NC(=S)NNC(=O)CN2C(=O)NC(c3ccccc3)(c3ccccc3)C2=O)cc1. The van der Waals surface area contributed by atoms with Gasteiger partial charge in [0.1, 0.15) is 12.3 Å². The number of thiocarbonyl (C=S) groups is 1. The average molecular weight is 490 g/mol. The molecule has 0 saturated carbocycles. The monoisotopic (exact) mass is 489 g/mol. The second-order valence-electron chi connectivity index (χ2n) is 7.66. The smallest absolute Gasteiger partial charge is 0.326 e. The van der Waals surface area contributed by atoms with Gasteiger partial charge >= 0.3 is 6.03 Å². The summed E-state index contributed by atoms with van der Waals surface area (Å²) in [5.41, 5.74) is 5.41. The van der Waals surface area contributed by atoms with Crippen LogP contribution in [-0.4, -0.2) is 41.5 Å². The summed E-state index contributed by atoms with van der Waals surface area (Å²) in [6, 6.07) is 24.2. The van der Waals surface area contributed by atoms with Crippen molar-refractivity contribution in [2.24, 2.45) is 0 Å². The maximum atomic E-state index is 13.6. The highest BCUT2D eigenvalue weighted by Crippen LogP contribution is 2.35. The first-order chi connectivity index (χ1) is 16.9. The first-order valence-electron chi connectivity index (χ1n) is 10.7. The van der Waals surface area contributed by atoms with Crippen LogP contribution < -0.4 is 26.2 Å². The Morgan fingerprint density at radius 1 is 0.914 bits per heavy atom. The van der Waals surface area contributed by atoms with Crippen LogP contribution in [0.2, 0.25) is 0 Å². The molecule has 3 aromatic rings. The zero-order valence-corrected chi connectivity index (χ0v) is 19.6. The molecule has 1 saturated heterocycles. The Labute approximate surface area is 207 Å². The number of methoxy groups -OCH3 is 1. The van der Waals surface area contributed by atoms with Crippen LogP contribution >= 0.6 is 12.2 Å². The molecule has 0 spiro atoms. The van der Waals surface area contributed by atoms with Gasteiger partial charge in [0.05, 0.1) is 7.11 Å². The minimum Gasteiger partial charge on any atom is -0.497 e. The fourth-order valence-electron chi connectivity index (χ4n) is 3.80. The van der Waals surface area contributed by atoms with E-state index in [9.17, 15) is 14.4 Å². The third-order valence-electron chi connectivity index (χ3n) is 5.48. The molecule has 0 bridgehead atoms. The Morgan fingerprint density at radius 3 is 2.03 bits per heavy atom. The molecule has 1 aliphatic rings. The van der Waals surface area contributed by atoms with Crippen molar-refractivity contribution in [2.75, 3.05) is 19.0 Å². The fourth-order valence-corrected chi connectivity index (χ4v) is 3.97. The van der Waals surface area contributed by atoms with Crippen molar-refractivity contribution in [1.29, 1.82) is 0 Å². The van der Waals surface area contributed by atoms with Gasteiger partial charge in [-0.2, -0.15) is 0 Å². The molecule has 1 aliphatic heterocycles. The lowest BCUT2D eigenvalue weighted by atomic mass is 9.82. The third-order valence-corrected chi connectivity index (χ3v) is 5.69. The minimum absolute atomic E-state index is 0.128. The van der Waals surface area contributed by atoms with Crippen molar-refractivity contribution in [3.63, 3.8) is 0 Å². The molecule has 9 nitrogen and oxygen atoms in total. The second-order valence-corrected chi connectivity index (χ2v) is 8.07. The van der Waals surface area contributed by atoms with Gasteiger partial charge in [-0.15, -0.1) is 0 Å². The lowest BCUT2D eigenvalue weighted by molar-refractivity contribution is -0.134. The Morgan fingerprint density at radius 2 is 1.49 bits per heavy atom. The predicted molar refractivity (Wildman–Crippen MR) is 134 cm³/mol. The molecule has 10 heteroatoms. The van der Waals surface area contributed by atoms with Crippen molar-refractivity contribution in [3.8, 4) is 5.75 Å². The minimum atomic E-state index is -1.43. The van der Waals surface area contributed by atoms with Crippen LogP contribution in [0.5, 0.6) is 5.75 Å². The topological polar surface area (TPSA) is 112 Å². The quantitative estimate of drug-likeness (QED) is 0.239. The molecule has 1 heterocycles. The van der Waals surface area contributed by atoms with E-state index in [0.29, 0.717) is 22.6 Å². The van der Waals surface area contributed by atoms with Gasteiger partial charge in [0.25, 0.3) is 11.8 Å². The van der Waals surface area contributed by atoms with E-state index in [1.54, 1.807) is 79.9 Å². The van der Waals surface area contributed by atoms with Gasteiger partial charge in [0.2, 0.25) is 0 Å². The normalized spacial score (nSPS) is 14.1. The molecular formula is C25H23N5O4S. The number of nitrogens with one attached hydrogen (secondary N) is 4. The molecular weight excluding hydrogens is 466 g/mol. The highest BCUT2D eigenvalue weighted by molar-refractivity contribution is 7.80. The van der Waals surface area contributed by atoms with E-state index in [-0.39, 0.29) is 5.11 Å². The van der Waals surface area contributed by atoms with Crippen LogP contribution in [0.4, 0.5) is 10.5 Å². The number of imide groups is 1. The number of carbonyl (C=O) groups excluding carboxylic acids is 3. The number of hydrazine groups is 1. The standard InChI is InChI=1S/C25H23N5O4S/c1-34-20-14-12-19(13-15-20)26-23(35)29-28-21(31)16-30-22(32)25(27-24(30)33,17-8-4-2-5-9-17)18-10-6-3-7-11-18/h2-15H,16H2,1H3,(H,27,33)(H,28,31)(H2,26,29,35). The second kappa shape index (κ2) is 10.2. The number of urea groups is 1. The summed E-state index contributed by atoms with van der Waals surface area (Å²) in [6.45, 7) is -0.496. The van der Waals surface area contributed by atoms with Gasteiger partial charge in [0, 0.05) is 5.69 Å². The van der Waals surface area contributed by atoms with Gasteiger partial charge < -0.3 is 15.4 Å². The Balaban J connectivity index is 1.43. The largest absolute Gasteiger partial charge is 0.497 e. The van der Waals surface area contributed by atoms with Gasteiger partial charge in [-0.25, -0.2) is 4.79 Å². The molecule has 0 aliphatic carbocycles. The molecule has 0 radical (unpaired) electrons. The number of nitrogens with zero attached hydrogens (tertiary/aromatic N) is 1. The van der Waals surface area contributed by atoms with Crippen molar-refractivity contribution < 1.29 is 19.1 Å². The van der Waals surface area contributed by atoms with E-state index in [1.165, 1.54) is 0 Å². The van der Waals surface area contributed by atoms with E-state index in [2.05, 4.69) is 21.5 Å². The van der Waals surface area contributed by atoms with E-state index >= 15 is 0 Å². The Hall–Kier alpha value is -4.44. The zero-order chi connectivity index (χ0) is 24.8. The molecule has 0 aromatic heterocycles. The molecule has 0 unspecified atom stereocenters. The van der Waals surface area contributed by atoms with E-state index < -0.39 is 29.9 Å². The summed E-state index contributed by atoms with van der Waals surface area (Å²) in [4.78, 5) is 39.9. The van der Waals surface area contributed by atoms with Crippen molar-refractivity contribution in [2.45, 2.75) is 5.54 Å². The first-order valence-corrected chi connectivity index (χ1v) is 11.1. The predicted octanol–water partition coefficient (Wildman–Crippen LogP) is 2.51. The summed E-state index contributed by atoms with van der Waals surface area (Å²) in [7, 11) is 1.57. The number of benzene rings is 3.